The molecule has 0 aromatic heterocycles. The molecule has 1 atom stereocenters. The molecule has 0 saturated carbocycles. The Morgan fingerprint density at radius 3 is 2.52 bits per heavy atom. The summed E-state index contributed by atoms with van der Waals surface area (Å²) in [7, 11) is 0. The molecule has 2 aromatic rings. The predicted octanol–water partition coefficient (Wildman–Crippen LogP) is 2.56. The van der Waals surface area contributed by atoms with Crippen molar-refractivity contribution in [1.29, 1.82) is 0 Å². The molecule has 1 aliphatic rings. The predicted molar refractivity (Wildman–Crippen MR) is 100 cm³/mol. The van der Waals surface area contributed by atoms with Crippen molar-refractivity contribution >= 4 is 46.1 Å². The van der Waals surface area contributed by atoms with E-state index < -0.39 is 35.2 Å². The van der Waals surface area contributed by atoms with E-state index in [-0.39, 0.29) is 5.56 Å². The van der Waals surface area contributed by atoms with Gasteiger partial charge in [0.1, 0.15) is 6.54 Å². The Bertz CT molecular complexity index is 945. The van der Waals surface area contributed by atoms with Crippen LogP contribution in [0.5, 0.6) is 0 Å². The normalized spacial score (nSPS) is 16.0. The molecule has 27 heavy (non-hydrogen) atoms. The number of hydrogen-bond acceptors (Lipinski definition) is 5. The lowest BCUT2D eigenvalue weighted by molar-refractivity contribution is -0.139. The first-order valence-electron chi connectivity index (χ1n) is 7.98. The second-order valence-electron chi connectivity index (χ2n) is 5.93. The fourth-order valence-corrected chi connectivity index (χ4v) is 4.12. The number of amides is 1. The number of thioether (sulfide) groups is 1. The van der Waals surface area contributed by atoms with E-state index in [9.17, 15) is 19.2 Å². The average molecular weight is 404 g/mol. The van der Waals surface area contributed by atoms with Gasteiger partial charge in [-0.25, -0.2) is 0 Å². The lowest BCUT2D eigenvalue weighted by Gasteiger charge is -2.23. The maximum Gasteiger partial charge on any atom is 0.322 e. The summed E-state index contributed by atoms with van der Waals surface area (Å²) >= 11 is 6.97. The van der Waals surface area contributed by atoms with Crippen LogP contribution in [0.3, 0.4) is 0 Å². The minimum absolute atomic E-state index is 0.202. The SMILES string of the molecule is O=C(O)CNC(=O)C1C(=O)Sc2c(Cc3ccccc3)cc(Cl)cc2C1=O. The number of Topliss-reactive ketones (excluding diaryl/α,β-unsaturated/α-hetero) is 1. The molecule has 1 heterocycles. The van der Waals surface area contributed by atoms with Gasteiger partial charge in [0.15, 0.2) is 11.7 Å². The quantitative estimate of drug-likeness (QED) is 0.744. The maximum atomic E-state index is 12.8. The summed E-state index contributed by atoms with van der Waals surface area (Å²) in [5, 5.41) is 10.4. The largest absolute Gasteiger partial charge is 0.480 e. The number of fused-ring (bicyclic) bond motifs is 1. The van der Waals surface area contributed by atoms with Crippen molar-refractivity contribution in [2.24, 2.45) is 5.92 Å². The zero-order valence-corrected chi connectivity index (χ0v) is 15.5. The summed E-state index contributed by atoms with van der Waals surface area (Å²) in [5.74, 6) is -4.44. The van der Waals surface area contributed by atoms with Gasteiger partial charge in [0.2, 0.25) is 11.0 Å². The molecule has 0 radical (unpaired) electrons. The number of carboxylic acids is 1. The van der Waals surface area contributed by atoms with Crippen molar-refractivity contribution < 1.29 is 24.3 Å². The molecule has 8 heteroatoms. The van der Waals surface area contributed by atoms with Gasteiger partial charge in [-0.3, -0.25) is 19.2 Å². The van der Waals surface area contributed by atoms with Gasteiger partial charge >= 0.3 is 5.97 Å². The Morgan fingerprint density at radius 2 is 1.85 bits per heavy atom. The number of nitrogens with one attached hydrogen (secondary N) is 1. The number of benzene rings is 2. The first-order valence-corrected chi connectivity index (χ1v) is 9.18. The molecule has 1 unspecified atom stereocenters. The highest BCUT2D eigenvalue weighted by atomic mass is 35.5. The van der Waals surface area contributed by atoms with E-state index >= 15 is 0 Å². The molecular formula is C19H14ClNO5S. The molecule has 0 spiro atoms. The van der Waals surface area contributed by atoms with Crippen LogP contribution in [-0.4, -0.2) is 34.4 Å². The highest BCUT2D eigenvalue weighted by Crippen LogP contribution is 2.39. The summed E-state index contributed by atoms with van der Waals surface area (Å²) in [6, 6.07) is 12.6. The van der Waals surface area contributed by atoms with Crippen molar-refractivity contribution in [2.75, 3.05) is 6.54 Å². The Hall–Kier alpha value is -2.64. The Balaban J connectivity index is 1.95. The van der Waals surface area contributed by atoms with E-state index in [1.165, 1.54) is 6.07 Å². The molecule has 2 N–H and O–H groups in total. The molecule has 1 aliphatic heterocycles. The molecule has 6 nitrogen and oxygen atoms in total. The summed E-state index contributed by atoms with van der Waals surface area (Å²) in [6.45, 7) is -0.664. The zero-order chi connectivity index (χ0) is 19.6. The van der Waals surface area contributed by atoms with Crippen molar-refractivity contribution in [1.82, 2.24) is 5.32 Å². The molecule has 0 fully saturated rings. The van der Waals surface area contributed by atoms with Gasteiger partial charge in [0, 0.05) is 15.5 Å². The van der Waals surface area contributed by atoms with E-state index in [4.69, 9.17) is 16.7 Å². The molecule has 3 rings (SSSR count). The number of ketones is 1. The molecule has 1 amide bonds. The third kappa shape index (κ3) is 4.20. The molecule has 2 aromatic carbocycles. The second-order valence-corrected chi connectivity index (χ2v) is 7.39. The van der Waals surface area contributed by atoms with Crippen LogP contribution in [0.15, 0.2) is 47.4 Å². The summed E-state index contributed by atoms with van der Waals surface area (Å²) in [6.07, 6.45) is 0.479. The number of carbonyl (C=O) groups is 4. The maximum absolute atomic E-state index is 12.8. The highest BCUT2D eigenvalue weighted by Gasteiger charge is 2.41. The standard InChI is InChI=1S/C19H14ClNO5S/c20-12-7-11(6-10-4-2-1-3-5-10)17-13(8-12)16(24)15(19(26)27-17)18(25)21-9-14(22)23/h1-5,7-8,15H,6,9H2,(H,21,25)(H,22,23). The summed E-state index contributed by atoms with van der Waals surface area (Å²) in [5.41, 5.74) is 1.91. The molecule has 0 aliphatic carbocycles. The van der Waals surface area contributed by atoms with E-state index in [1.54, 1.807) is 6.07 Å². The van der Waals surface area contributed by atoms with Gasteiger partial charge in [-0.2, -0.15) is 0 Å². The van der Waals surface area contributed by atoms with Crippen LogP contribution in [-0.2, 0) is 20.8 Å². The first-order chi connectivity index (χ1) is 12.9. The lowest BCUT2D eigenvalue weighted by Crippen LogP contribution is -2.43. The molecule has 0 saturated heterocycles. The van der Waals surface area contributed by atoms with Crippen molar-refractivity contribution in [3.8, 4) is 0 Å². The van der Waals surface area contributed by atoms with Gasteiger partial charge in [-0.1, -0.05) is 41.9 Å². The third-order valence-corrected chi connectivity index (χ3v) is 5.35. The van der Waals surface area contributed by atoms with E-state index in [0.29, 0.717) is 16.3 Å². The van der Waals surface area contributed by atoms with Crippen molar-refractivity contribution in [2.45, 2.75) is 11.3 Å². The van der Waals surface area contributed by atoms with Crippen LogP contribution in [0.25, 0.3) is 0 Å². The van der Waals surface area contributed by atoms with Crippen LogP contribution in [0.1, 0.15) is 21.5 Å². The number of rotatable bonds is 5. The third-order valence-electron chi connectivity index (χ3n) is 4.01. The Morgan fingerprint density at radius 1 is 1.15 bits per heavy atom. The van der Waals surface area contributed by atoms with Gasteiger partial charge < -0.3 is 10.4 Å². The number of hydrogen-bond donors (Lipinski definition) is 2. The van der Waals surface area contributed by atoms with Gasteiger partial charge in [0.05, 0.1) is 0 Å². The van der Waals surface area contributed by atoms with E-state index in [0.717, 1.165) is 22.9 Å². The van der Waals surface area contributed by atoms with Gasteiger partial charge in [-0.05, 0) is 41.4 Å². The monoisotopic (exact) mass is 403 g/mol. The summed E-state index contributed by atoms with van der Waals surface area (Å²) in [4.78, 5) is 48.4. The molecule has 138 valence electrons. The average Bonchev–Trinajstić information content (AvgIpc) is 2.62. The van der Waals surface area contributed by atoms with Crippen LogP contribution >= 0.6 is 23.4 Å². The van der Waals surface area contributed by atoms with Crippen LogP contribution in [0, 0.1) is 5.92 Å². The minimum Gasteiger partial charge on any atom is -0.480 e. The number of carbonyl (C=O) groups excluding carboxylic acids is 3. The second kappa shape index (κ2) is 7.94. The van der Waals surface area contributed by atoms with Crippen LogP contribution < -0.4 is 5.32 Å². The van der Waals surface area contributed by atoms with Crippen molar-refractivity contribution in [3.63, 3.8) is 0 Å². The molecule has 0 bridgehead atoms. The lowest BCUT2D eigenvalue weighted by atomic mass is 9.94. The number of carboxylic acid groups (broad SMARTS) is 1. The highest BCUT2D eigenvalue weighted by molar-refractivity contribution is 8.14. The first kappa shape index (κ1) is 19.1. The summed E-state index contributed by atoms with van der Waals surface area (Å²) < 4.78 is 0. The van der Waals surface area contributed by atoms with Crippen molar-refractivity contribution in [3.05, 3.63) is 64.2 Å². The Labute approximate surface area is 163 Å². The van der Waals surface area contributed by atoms with Gasteiger partial charge in [-0.15, -0.1) is 0 Å². The van der Waals surface area contributed by atoms with E-state index in [2.05, 4.69) is 5.32 Å². The van der Waals surface area contributed by atoms with Gasteiger partial charge in [0.25, 0.3) is 0 Å². The minimum atomic E-state index is -1.58. The Kier molecular flexibility index (Phi) is 5.62. The molecular weight excluding hydrogens is 390 g/mol. The zero-order valence-electron chi connectivity index (χ0n) is 13.9. The topological polar surface area (TPSA) is 101 Å². The fraction of sp³-hybridized carbons (Fsp3) is 0.158. The van der Waals surface area contributed by atoms with Crippen LogP contribution in [0.4, 0.5) is 0 Å². The fourth-order valence-electron chi connectivity index (χ4n) is 2.81. The van der Waals surface area contributed by atoms with Crippen LogP contribution in [0.2, 0.25) is 5.02 Å². The van der Waals surface area contributed by atoms with E-state index in [1.807, 2.05) is 30.3 Å². The smallest absolute Gasteiger partial charge is 0.322 e. The number of aliphatic carboxylic acids is 1. The number of halogens is 1.